The molecular formula is C14H16ClNO2. The van der Waals surface area contributed by atoms with E-state index in [0.29, 0.717) is 5.02 Å². The monoisotopic (exact) mass is 265 g/mol. The Balaban J connectivity index is 2.26. The first-order chi connectivity index (χ1) is 8.74. The molecule has 1 unspecified atom stereocenters. The second kappa shape index (κ2) is 5.94. The quantitative estimate of drug-likeness (QED) is 0.899. The molecule has 0 bridgehead atoms. The summed E-state index contributed by atoms with van der Waals surface area (Å²) in [5, 5.41) is 3.94. The zero-order chi connectivity index (χ0) is 13.0. The minimum Gasteiger partial charge on any atom is -0.496 e. The van der Waals surface area contributed by atoms with Gasteiger partial charge in [0.15, 0.2) is 0 Å². The summed E-state index contributed by atoms with van der Waals surface area (Å²) in [6.45, 7) is 0. The molecule has 1 N–H and O–H groups in total. The molecule has 0 radical (unpaired) electrons. The Bertz CT molecular complexity index is 497. The van der Waals surface area contributed by atoms with Gasteiger partial charge < -0.3 is 14.5 Å². The van der Waals surface area contributed by atoms with Gasteiger partial charge in [-0.3, -0.25) is 0 Å². The molecule has 0 fully saturated rings. The smallest absolute Gasteiger partial charge is 0.125 e. The molecule has 4 heteroatoms. The average molecular weight is 266 g/mol. The number of hydrogen-bond donors (Lipinski definition) is 1. The Hall–Kier alpha value is -1.45. The minimum atomic E-state index is 0.128. The molecule has 1 aromatic carbocycles. The second-order valence-electron chi connectivity index (χ2n) is 4.01. The summed E-state index contributed by atoms with van der Waals surface area (Å²) in [6, 6.07) is 9.65. The summed E-state index contributed by atoms with van der Waals surface area (Å²) in [6.07, 6.45) is 2.45. The third-order valence-corrected chi connectivity index (χ3v) is 3.14. The molecule has 1 atom stereocenters. The van der Waals surface area contributed by atoms with Gasteiger partial charge in [-0.1, -0.05) is 17.7 Å². The van der Waals surface area contributed by atoms with E-state index in [-0.39, 0.29) is 6.04 Å². The fourth-order valence-corrected chi connectivity index (χ4v) is 2.13. The van der Waals surface area contributed by atoms with E-state index < -0.39 is 0 Å². The number of rotatable bonds is 5. The molecule has 0 saturated carbocycles. The van der Waals surface area contributed by atoms with Crippen LogP contribution in [-0.4, -0.2) is 14.2 Å². The summed E-state index contributed by atoms with van der Waals surface area (Å²) < 4.78 is 10.8. The molecule has 0 spiro atoms. The van der Waals surface area contributed by atoms with Crippen LogP contribution >= 0.6 is 11.6 Å². The maximum atomic E-state index is 5.97. The van der Waals surface area contributed by atoms with Gasteiger partial charge in [0.25, 0.3) is 0 Å². The molecule has 2 aromatic rings. The predicted octanol–water partition coefficient (Wildman–Crippen LogP) is 3.44. The van der Waals surface area contributed by atoms with Crippen LogP contribution in [0.2, 0.25) is 5.02 Å². The SMILES string of the molecule is CNC(Cc1ccco1)c1ccc(Cl)cc1OC. The van der Waals surface area contributed by atoms with Crippen molar-refractivity contribution in [2.75, 3.05) is 14.2 Å². The van der Waals surface area contributed by atoms with Crippen molar-refractivity contribution in [1.82, 2.24) is 5.32 Å². The Morgan fingerprint density at radius 3 is 2.83 bits per heavy atom. The van der Waals surface area contributed by atoms with Crippen LogP contribution in [0.1, 0.15) is 17.4 Å². The van der Waals surface area contributed by atoms with Gasteiger partial charge in [0, 0.05) is 23.0 Å². The van der Waals surface area contributed by atoms with Crippen LogP contribution in [0, 0.1) is 0 Å². The van der Waals surface area contributed by atoms with Crippen molar-refractivity contribution in [3.05, 3.63) is 52.9 Å². The van der Waals surface area contributed by atoms with Crippen molar-refractivity contribution < 1.29 is 9.15 Å². The predicted molar refractivity (Wildman–Crippen MR) is 72.2 cm³/mol. The van der Waals surface area contributed by atoms with E-state index in [1.807, 2.05) is 37.4 Å². The van der Waals surface area contributed by atoms with Crippen molar-refractivity contribution in [2.24, 2.45) is 0 Å². The molecule has 18 heavy (non-hydrogen) atoms. The fraction of sp³-hybridized carbons (Fsp3) is 0.286. The van der Waals surface area contributed by atoms with Crippen molar-refractivity contribution in [1.29, 1.82) is 0 Å². The summed E-state index contributed by atoms with van der Waals surface area (Å²) >= 11 is 5.97. The molecule has 0 aliphatic heterocycles. The van der Waals surface area contributed by atoms with Crippen molar-refractivity contribution >= 4 is 11.6 Å². The molecule has 0 aliphatic rings. The Morgan fingerprint density at radius 1 is 1.39 bits per heavy atom. The number of likely N-dealkylation sites (N-methyl/N-ethyl adjacent to an activating group) is 1. The zero-order valence-electron chi connectivity index (χ0n) is 10.4. The van der Waals surface area contributed by atoms with E-state index in [1.54, 1.807) is 13.4 Å². The van der Waals surface area contributed by atoms with Gasteiger partial charge in [-0.05, 0) is 31.3 Å². The Morgan fingerprint density at radius 2 is 2.22 bits per heavy atom. The number of methoxy groups -OCH3 is 1. The third-order valence-electron chi connectivity index (χ3n) is 2.90. The van der Waals surface area contributed by atoms with Crippen molar-refractivity contribution in [3.63, 3.8) is 0 Å². The first-order valence-electron chi connectivity index (χ1n) is 5.77. The van der Waals surface area contributed by atoms with Crippen LogP contribution in [0.4, 0.5) is 0 Å². The number of ether oxygens (including phenoxy) is 1. The van der Waals surface area contributed by atoms with E-state index in [2.05, 4.69) is 5.32 Å². The van der Waals surface area contributed by atoms with E-state index in [1.165, 1.54) is 0 Å². The second-order valence-corrected chi connectivity index (χ2v) is 4.45. The molecule has 2 rings (SSSR count). The molecule has 0 saturated heterocycles. The largest absolute Gasteiger partial charge is 0.496 e. The molecule has 1 aromatic heterocycles. The summed E-state index contributed by atoms with van der Waals surface area (Å²) in [4.78, 5) is 0. The van der Waals surface area contributed by atoms with E-state index in [9.17, 15) is 0 Å². The standard InChI is InChI=1S/C14H16ClNO2/c1-16-13(9-11-4-3-7-18-11)12-6-5-10(15)8-14(12)17-2/h3-8,13,16H,9H2,1-2H3. The van der Waals surface area contributed by atoms with Crippen LogP contribution in [0.15, 0.2) is 41.0 Å². The Labute approximate surface area is 112 Å². The summed E-state index contributed by atoms with van der Waals surface area (Å²) in [5.74, 6) is 1.72. The first kappa shape index (κ1) is 13.0. The number of halogens is 1. The van der Waals surface area contributed by atoms with E-state index >= 15 is 0 Å². The topological polar surface area (TPSA) is 34.4 Å². The highest BCUT2D eigenvalue weighted by molar-refractivity contribution is 6.30. The average Bonchev–Trinajstić information content (AvgIpc) is 2.89. The lowest BCUT2D eigenvalue weighted by Crippen LogP contribution is -2.19. The van der Waals surface area contributed by atoms with Gasteiger partial charge in [0.1, 0.15) is 11.5 Å². The molecule has 0 amide bonds. The maximum absolute atomic E-state index is 5.97. The Kier molecular flexibility index (Phi) is 4.28. The van der Waals surface area contributed by atoms with Crippen LogP contribution in [0.25, 0.3) is 0 Å². The van der Waals surface area contributed by atoms with E-state index in [0.717, 1.165) is 23.5 Å². The number of furan rings is 1. The maximum Gasteiger partial charge on any atom is 0.125 e. The van der Waals surface area contributed by atoms with Crippen LogP contribution in [0.5, 0.6) is 5.75 Å². The van der Waals surface area contributed by atoms with Crippen molar-refractivity contribution in [2.45, 2.75) is 12.5 Å². The molecule has 96 valence electrons. The molecule has 3 nitrogen and oxygen atoms in total. The van der Waals surface area contributed by atoms with Crippen LogP contribution in [0.3, 0.4) is 0 Å². The van der Waals surface area contributed by atoms with E-state index in [4.69, 9.17) is 20.8 Å². The normalized spacial score (nSPS) is 12.4. The highest BCUT2D eigenvalue weighted by Crippen LogP contribution is 2.30. The van der Waals surface area contributed by atoms with Gasteiger partial charge in [-0.2, -0.15) is 0 Å². The summed E-state index contributed by atoms with van der Waals surface area (Å²) in [5.41, 5.74) is 1.07. The lowest BCUT2D eigenvalue weighted by atomic mass is 10.0. The fourth-order valence-electron chi connectivity index (χ4n) is 1.97. The minimum absolute atomic E-state index is 0.128. The van der Waals surface area contributed by atoms with Crippen LogP contribution < -0.4 is 10.1 Å². The number of benzene rings is 1. The third kappa shape index (κ3) is 2.86. The van der Waals surface area contributed by atoms with Gasteiger partial charge in [0.05, 0.1) is 13.4 Å². The van der Waals surface area contributed by atoms with Crippen LogP contribution in [-0.2, 0) is 6.42 Å². The lowest BCUT2D eigenvalue weighted by Gasteiger charge is -2.18. The number of nitrogens with one attached hydrogen (secondary N) is 1. The molecule has 1 heterocycles. The van der Waals surface area contributed by atoms with Gasteiger partial charge in [0.2, 0.25) is 0 Å². The molecule has 0 aliphatic carbocycles. The summed E-state index contributed by atoms with van der Waals surface area (Å²) in [7, 11) is 3.57. The zero-order valence-corrected chi connectivity index (χ0v) is 11.2. The lowest BCUT2D eigenvalue weighted by molar-refractivity contribution is 0.396. The molecular weight excluding hydrogens is 250 g/mol. The van der Waals surface area contributed by atoms with Gasteiger partial charge >= 0.3 is 0 Å². The first-order valence-corrected chi connectivity index (χ1v) is 6.15. The highest BCUT2D eigenvalue weighted by atomic mass is 35.5. The van der Waals surface area contributed by atoms with Gasteiger partial charge in [-0.25, -0.2) is 0 Å². The van der Waals surface area contributed by atoms with Gasteiger partial charge in [-0.15, -0.1) is 0 Å². The van der Waals surface area contributed by atoms with Crippen molar-refractivity contribution in [3.8, 4) is 5.75 Å². The number of hydrogen-bond acceptors (Lipinski definition) is 3. The highest BCUT2D eigenvalue weighted by Gasteiger charge is 2.16.